The quantitative estimate of drug-likeness (QED) is 0.288. The number of nitrogens with zero attached hydrogens (tertiary/aromatic N) is 2. The molecule has 0 aliphatic heterocycles. The number of nitrogens with one attached hydrogen (secondary N) is 1. The fraction of sp³-hybridized carbons (Fsp3) is 0.394. The van der Waals surface area contributed by atoms with E-state index in [9.17, 15) is 18.0 Å². The van der Waals surface area contributed by atoms with Crippen LogP contribution in [0.1, 0.15) is 52.2 Å². The van der Waals surface area contributed by atoms with E-state index in [2.05, 4.69) is 5.32 Å². The highest BCUT2D eigenvalue weighted by Gasteiger charge is 2.34. The van der Waals surface area contributed by atoms with Crippen molar-refractivity contribution < 1.29 is 22.7 Å². The van der Waals surface area contributed by atoms with Crippen molar-refractivity contribution in [2.45, 2.75) is 70.9 Å². The minimum atomic E-state index is -4.15. The summed E-state index contributed by atoms with van der Waals surface area (Å²) in [5.74, 6) is -0.184. The molecule has 8 nitrogen and oxygen atoms in total. The highest BCUT2D eigenvalue weighted by Crippen LogP contribution is 2.26. The lowest BCUT2D eigenvalue weighted by Crippen LogP contribution is -2.56. The lowest BCUT2D eigenvalue weighted by molar-refractivity contribution is -0.140. The van der Waals surface area contributed by atoms with E-state index in [1.807, 2.05) is 71.9 Å². The number of amides is 2. The Morgan fingerprint density at radius 3 is 2.07 bits per heavy atom. The number of benzene rings is 3. The van der Waals surface area contributed by atoms with E-state index in [4.69, 9.17) is 4.74 Å². The molecule has 1 N–H and O–H groups in total. The molecule has 3 aromatic rings. The molecule has 3 aromatic carbocycles. The highest BCUT2D eigenvalue weighted by atomic mass is 32.2. The molecule has 0 spiro atoms. The number of aryl methyl sites for hydroxylation is 1. The molecule has 0 fully saturated rings. The minimum Gasteiger partial charge on any atom is -0.494 e. The van der Waals surface area contributed by atoms with Crippen LogP contribution < -0.4 is 14.4 Å². The van der Waals surface area contributed by atoms with E-state index >= 15 is 0 Å². The van der Waals surface area contributed by atoms with Gasteiger partial charge in [0.05, 0.1) is 17.2 Å². The summed E-state index contributed by atoms with van der Waals surface area (Å²) < 4.78 is 34.6. The van der Waals surface area contributed by atoms with Crippen LogP contribution in [0.3, 0.4) is 0 Å². The summed E-state index contributed by atoms with van der Waals surface area (Å²) in [6, 6.07) is 22.1. The number of hydrogen-bond donors (Lipinski definition) is 1. The SMILES string of the molecule is CCOc1ccc(S(=O)(=O)N(CC(=O)N(CCc2ccccc2)[C@H](CC)C(=O)NC(C)(C)C)c2ccc(C)cc2)cc1. The normalized spacial score (nSPS) is 12.3. The third-order valence-electron chi connectivity index (χ3n) is 6.69. The van der Waals surface area contributed by atoms with Crippen LogP contribution in [-0.4, -0.2) is 56.4 Å². The van der Waals surface area contributed by atoms with Crippen molar-refractivity contribution in [1.29, 1.82) is 0 Å². The molecule has 0 saturated carbocycles. The zero-order chi connectivity index (χ0) is 30.9. The molecule has 0 aliphatic rings. The molecule has 9 heteroatoms. The molecule has 42 heavy (non-hydrogen) atoms. The van der Waals surface area contributed by atoms with Gasteiger partial charge in [-0.2, -0.15) is 0 Å². The predicted octanol–water partition coefficient (Wildman–Crippen LogP) is 5.35. The Labute approximate surface area is 250 Å². The summed E-state index contributed by atoms with van der Waals surface area (Å²) in [4.78, 5) is 29.1. The molecule has 226 valence electrons. The first-order valence-electron chi connectivity index (χ1n) is 14.3. The molecule has 0 unspecified atom stereocenters. The van der Waals surface area contributed by atoms with E-state index in [1.165, 1.54) is 17.0 Å². The van der Waals surface area contributed by atoms with Gasteiger partial charge < -0.3 is 15.0 Å². The Morgan fingerprint density at radius 1 is 0.905 bits per heavy atom. The molecular formula is C33H43N3O5S. The second kappa shape index (κ2) is 14.4. The van der Waals surface area contributed by atoms with Gasteiger partial charge >= 0.3 is 0 Å². The first-order valence-corrected chi connectivity index (χ1v) is 15.8. The summed E-state index contributed by atoms with van der Waals surface area (Å²) in [6.07, 6.45) is 0.890. The van der Waals surface area contributed by atoms with Gasteiger partial charge in [0.25, 0.3) is 10.0 Å². The van der Waals surface area contributed by atoms with Gasteiger partial charge in [0.2, 0.25) is 11.8 Å². The Morgan fingerprint density at radius 2 is 1.52 bits per heavy atom. The third-order valence-corrected chi connectivity index (χ3v) is 8.48. The average Bonchev–Trinajstić information content (AvgIpc) is 2.94. The van der Waals surface area contributed by atoms with Crippen molar-refractivity contribution in [2.24, 2.45) is 0 Å². The number of rotatable bonds is 13. The van der Waals surface area contributed by atoms with Gasteiger partial charge in [-0.1, -0.05) is 55.0 Å². The Balaban J connectivity index is 2.01. The van der Waals surface area contributed by atoms with Crippen LogP contribution in [0.4, 0.5) is 5.69 Å². The molecule has 0 aliphatic carbocycles. The largest absolute Gasteiger partial charge is 0.494 e. The number of anilines is 1. The number of carbonyl (C=O) groups excluding carboxylic acids is 2. The van der Waals surface area contributed by atoms with E-state index in [0.29, 0.717) is 30.9 Å². The van der Waals surface area contributed by atoms with Crippen LogP contribution in [-0.2, 0) is 26.0 Å². The molecule has 0 aromatic heterocycles. The maximum atomic E-state index is 14.1. The number of carbonyl (C=O) groups is 2. The van der Waals surface area contributed by atoms with Crippen LogP contribution in [0.2, 0.25) is 0 Å². The molecule has 0 saturated heterocycles. The van der Waals surface area contributed by atoms with E-state index in [-0.39, 0.29) is 17.3 Å². The fourth-order valence-corrected chi connectivity index (χ4v) is 6.00. The Kier molecular flexibility index (Phi) is 11.2. The van der Waals surface area contributed by atoms with Gasteiger partial charge in [0.15, 0.2) is 0 Å². The first kappa shape index (κ1) is 32.7. The zero-order valence-corrected chi connectivity index (χ0v) is 26.3. The van der Waals surface area contributed by atoms with Crippen molar-refractivity contribution >= 4 is 27.5 Å². The zero-order valence-electron chi connectivity index (χ0n) is 25.5. The van der Waals surface area contributed by atoms with Crippen LogP contribution in [0.5, 0.6) is 5.75 Å². The van der Waals surface area contributed by atoms with Gasteiger partial charge in [-0.15, -0.1) is 0 Å². The van der Waals surface area contributed by atoms with Crippen molar-refractivity contribution in [3.8, 4) is 5.75 Å². The van der Waals surface area contributed by atoms with E-state index < -0.39 is 34.1 Å². The highest BCUT2D eigenvalue weighted by molar-refractivity contribution is 7.92. The second-order valence-corrected chi connectivity index (χ2v) is 13.1. The lowest BCUT2D eigenvalue weighted by Gasteiger charge is -2.34. The van der Waals surface area contributed by atoms with Gasteiger partial charge in [0, 0.05) is 12.1 Å². The van der Waals surface area contributed by atoms with Crippen molar-refractivity contribution in [1.82, 2.24) is 10.2 Å². The topological polar surface area (TPSA) is 96.0 Å². The number of sulfonamides is 1. The van der Waals surface area contributed by atoms with Gasteiger partial charge in [0.1, 0.15) is 18.3 Å². The summed E-state index contributed by atoms with van der Waals surface area (Å²) in [7, 11) is -4.15. The van der Waals surface area contributed by atoms with Crippen molar-refractivity contribution in [3.05, 3.63) is 90.0 Å². The molecule has 0 bridgehead atoms. The summed E-state index contributed by atoms with van der Waals surface area (Å²) in [5.41, 5.74) is 1.83. The van der Waals surface area contributed by atoms with E-state index in [0.717, 1.165) is 15.4 Å². The van der Waals surface area contributed by atoms with Gasteiger partial charge in [-0.05, 0) is 89.4 Å². The number of hydrogen-bond acceptors (Lipinski definition) is 5. The smallest absolute Gasteiger partial charge is 0.264 e. The standard InChI is InChI=1S/C33H43N3O5S/c1-7-30(32(38)34-33(4,5)6)35(23-22-26-12-10-9-11-13-26)31(37)24-36(27-16-14-25(3)15-17-27)42(39,40)29-20-18-28(19-21-29)41-8-2/h9-21,30H,7-8,22-24H2,1-6H3,(H,34,38)/t30-/m1/s1. The summed E-state index contributed by atoms with van der Waals surface area (Å²) in [5, 5.41) is 2.99. The minimum absolute atomic E-state index is 0.0349. The van der Waals surface area contributed by atoms with Crippen LogP contribution in [0.15, 0.2) is 83.8 Å². The summed E-state index contributed by atoms with van der Waals surface area (Å²) >= 11 is 0. The Bertz CT molecular complexity index is 1420. The monoisotopic (exact) mass is 593 g/mol. The number of ether oxygens (including phenoxy) is 1. The maximum absolute atomic E-state index is 14.1. The van der Waals surface area contributed by atoms with Crippen molar-refractivity contribution in [3.63, 3.8) is 0 Å². The molecule has 0 radical (unpaired) electrons. The van der Waals surface area contributed by atoms with Crippen LogP contribution in [0, 0.1) is 6.92 Å². The molecule has 1 atom stereocenters. The Hall–Kier alpha value is -3.85. The first-order chi connectivity index (χ1) is 19.9. The molecule has 2 amide bonds. The molecule has 0 heterocycles. The third kappa shape index (κ3) is 8.82. The summed E-state index contributed by atoms with van der Waals surface area (Å²) in [6.45, 7) is 11.5. The lowest BCUT2D eigenvalue weighted by atomic mass is 10.1. The van der Waals surface area contributed by atoms with E-state index in [1.54, 1.807) is 36.4 Å². The maximum Gasteiger partial charge on any atom is 0.264 e. The molecular weight excluding hydrogens is 550 g/mol. The average molecular weight is 594 g/mol. The predicted molar refractivity (Wildman–Crippen MR) is 167 cm³/mol. The van der Waals surface area contributed by atoms with Crippen LogP contribution >= 0.6 is 0 Å². The van der Waals surface area contributed by atoms with Crippen molar-refractivity contribution in [2.75, 3.05) is 24.0 Å². The van der Waals surface area contributed by atoms with Crippen LogP contribution in [0.25, 0.3) is 0 Å². The second-order valence-electron chi connectivity index (χ2n) is 11.2. The van der Waals surface area contributed by atoms with Gasteiger partial charge in [-0.25, -0.2) is 8.42 Å². The van der Waals surface area contributed by atoms with Gasteiger partial charge in [-0.3, -0.25) is 13.9 Å². The fourth-order valence-electron chi connectivity index (χ4n) is 4.59. The molecule has 3 rings (SSSR count).